The number of aliphatic imine (C=N–C) groups is 1. The van der Waals surface area contributed by atoms with Gasteiger partial charge in [0.25, 0.3) is 0 Å². The molecule has 2 heterocycles. The monoisotopic (exact) mass is 499 g/mol. The Bertz CT molecular complexity index is 752. The molecule has 3 rings (SSSR count). The Morgan fingerprint density at radius 2 is 1.89 bits per heavy atom. The Labute approximate surface area is 185 Å². The van der Waals surface area contributed by atoms with E-state index in [0.717, 1.165) is 58.3 Å². The molecule has 0 atom stereocenters. The zero-order valence-electron chi connectivity index (χ0n) is 17.3. The van der Waals surface area contributed by atoms with Crippen molar-refractivity contribution in [1.29, 1.82) is 0 Å². The molecular weight excluding hydrogens is 465 g/mol. The molecule has 0 bridgehead atoms. The normalized spacial score (nSPS) is 16.0. The predicted molar refractivity (Wildman–Crippen MR) is 128 cm³/mol. The van der Waals surface area contributed by atoms with Gasteiger partial charge in [0.2, 0.25) is 0 Å². The minimum Gasteiger partial charge on any atom is -0.379 e. The molecule has 1 saturated heterocycles. The number of aryl methyl sites for hydroxylation is 1. The SMILES string of the molecule is CN=C(NCCCn1ccc2ccccc21)NCC(C)(C)N1CCOCC1.I. The molecule has 1 aliphatic heterocycles. The fourth-order valence-electron chi connectivity index (χ4n) is 3.59. The highest BCUT2D eigenvalue weighted by atomic mass is 127. The number of fused-ring (bicyclic) bond motifs is 1. The molecule has 0 unspecified atom stereocenters. The minimum atomic E-state index is 0. The van der Waals surface area contributed by atoms with Gasteiger partial charge in [-0.15, -0.1) is 24.0 Å². The highest BCUT2D eigenvalue weighted by molar-refractivity contribution is 14.0. The van der Waals surface area contributed by atoms with Gasteiger partial charge in [0.05, 0.1) is 13.2 Å². The largest absolute Gasteiger partial charge is 0.379 e. The zero-order chi connectivity index (χ0) is 19.1. The third-order valence-electron chi connectivity index (χ3n) is 5.33. The zero-order valence-corrected chi connectivity index (χ0v) is 19.6. The number of benzene rings is 1. The van der Waals surface area contributed by atoms with Gasteiger partial charge in [-0.3, -0.25) is 9.89 Å². The van der Waals surface area contributed by atoms with Gasteiger partial charge in [-0.05, 0) is 37.8 Å². The number of nitrogens with one attached hydrogen (secondary N) is 2. The Kier molecular flexibility index (Phi) is 9.04. The number of halogens is 1. The standard InChI is InChI=1S/C21H33N5O.HI/c1-21(2,26-13-15-27-16-14-26)17-24-20(22-3)23-10-6-11-25-12-9-18-7-4-5-8-19(18)25;/h4-5,7-9,12H,6,10-11,13-17H2,1-3H3,(H2,22,23,24);1H. The Morgan fingerprint density at radius 3 is 2.64 bits per heavy atom. The molecule has 1 aromatic heterocycles. The molecule has 1 aromatic carbocycles. The van der Waals surface area contributed by atoms with Crippen LogP contribution in [0.3, 0.4) is 0 Å². The van der Waals surface area contributed by atoms with Gasteiger partial charge in [0, 0.05) is 57.0 Å². The van der Waals surface area contributed by atoms with E-state index in [1.807, 2.05) is 7.05 Å². The molecule has 2 N–H and O–H groups in total. The summed E-state index contributed by atoms with van der Waals surface area (Å²) >= 11 is 0. The third kappa shape index (κ3) is 6.09. The van der Waals surface area contributed by atoms with Crippen LogP contribution in [0.5, 0.6) is 0 Å². The lowest BCUT2D eigenvalue weighted by Gasteiger charge is -2.41. The second-order valence-corrected chi connectivity index (χ2v) is 7.69. The molecule has 28 heavy (non-hydrogen) atoms. The van der Waals surface area contributed by atoms with Gasteiger partial charge in [-0.25, -0.2) is 0 Å². The summed E-state index contributed by atoms with van der Waals surface area (Å²) in [6, 6.07) is 10.7. The first-order chi connectivity index (χ1) is 13.1. The summed E-state index contributed by atoms with van der Waals surface area (Å²) in [7, 11) is 1.83. The second kappa shape index (κ2) is 11.0. The van der Waals surface area contributed by atoms with E-state index < -0.39 is 0 Å². The molecule has 0 saturated carbocycles. The molecule has 1 fully saturated rings. The summed E-state index contributed by atoms with van der Waals surface area (Å²) in [6.45, 7) is 10.9. The molecule has 6 nitrogen and oxygen atoms in total. The first-order valence-corrected chi connectivity index (χ1v) is 9.91. The van der Waals surface area contributed by atoms with Crippen molar-refractivity contribution in [2.75, 3.05) is 46.4 Å². The van der Waals surface area contributed by atoms with Crippen LogP contribution in [-0.2, 0) is 11.3 Å². The number of hydrogen-bond acceptors (Lipinski definition) is 3. The molecular formula is C21H34IN5O. The smallest absolute Gasteiger partial charge is 0.191 e. The number of ether oxygens (including phenoxy) is 1. The first-order valence-electron chi connectivity index (χ1n) is 9.91. The summed E-state index contributed by atoms with van der Waals surface area (Å²) in [5.74, 6) is 0.869. The molecule has 0 radical (unpaired) electrons. The fraction of sp³-hybridized carbons (Fsp3) is 0.571. The molecule has 0 spiro atoms. The van der Waals surface area contributed by atoms with Crippen LogP contribution < -0.4 is 10.6 Å². The third-order valence-corrected chi connectivity index (χ3v) is 5.33. The van der Waals surface area contributed by atoms with E-state index in [9.17, 15) is 0 Å². The van der Waals surface area contributed by atoms with Crippen LogP contribution in [0.4, 0.5) is 0 Å². The molecule has 7 heteroatoms. The van der Waals surface area contributed by atoms with E-state index in [-0.39, 0.29) is 29.5 Å². The Morgan fingerprint density at radius 1 is 1.14 bits per heavy atom. The molecule has 1 aliphatic rings. The van der Waals surface area contributed by atoms with Crippen molar-refractivity contribution in [2.45, 2.75) is 32.4 Å². The predicted octanol–water partition coefficient (Wildman–Crippen LogP) is 2.93. The van der Waals surface area contributed by atoms with Crippen LogP contribution in [-0.4, -0.2) is 67.4 Å². The van der Waals surface area contributed by atoms with Crippen molar-refractivity contribution in [1.82, 2.24) is 20.1 Å². The van der Waals surface area contributed by atoms with E-state index >= 15 is 0 Å². The van der Waals surface area contributed by atoms with E-state index in [0.29, 0.717) is 0 Å². The van der Waals surface area contributed by atoms with Crippen molar-refractivity contribution in [3.05, 3.63) is 36.5 Å². The van der Waals surface area contributed by atoms with Crippen molar-refractivity contribution >= 4 is 40.8 Å². The van der Waals surface area contributed by atoms with Gasteiger partial charge in [0.15, 0.2) is 5.96 Å². The second-order valence-electron chi connectivity index (χ2n) is 7.69. The van der Waals surface area contributed by atoms with Crippen LogP contribution >= 0.6 is 24.0 Å². The van der Waals surface area contributed by atoms with Crippen molar-refractivity contribution in [3.8, 4) is 0 Å². The number of aromatic nitrogens is 1. The molecule has 2 aromatic rings. The lowest BCUT2D eigenvalue weighted by molar-refractivity contribution is -0.00833. The summed E-state index contributed by atoms with van der Waals surface area (Å²) in [4.78, 5) is 6.85. The lowest BCUT2D eigenvalue weighted by atomic mass is 10.0. The summed E-state index contributed by atoms with van der Waals surface area (Å²) in [6.07, 6.45) is 3.22. The summed E-state index contributed by atoms with van der Waals surface area (Å²) in [5, 5.41) is 8.22. The maximum Gasteiger partial charge on any atom is 0.191 e. The van der Waals surface area contributed by atoms with E-state index in [2.05, 4.69) is 75.5 Å². The maximum atomic E-state index is 5.46. The van der Waals surface area contributed by atoms with Crippen LogP contribution in [0.1, 0.15) is 20.3 Å². The average molecular weight is 499 g/mol. The minimum absolute atomic E-state index is 0. The quantitative estimate of drug-likeness (QED) is 0.266. The number of nitrogens with zero attached hydrogens (tertiary/aromatic N) is 3. The highest BCUT2D eigenvalue weighted by Gasteiger charge is 2.28. The molecule has 156 valence electrons. The topological polar surface area (TPSA) is 53.8 Å². The van der Waals surface area contributed by atoms with Crippen molar-refractivity contribution < 1.29 is 4.74 Å². The fourth-order valence-corrected chi connectivity index (χ4v) is 3.59. The van der Waals surface area contributed by atoms with Crippen molar-refractivity contribution in [3.63, 3.8) is 0 Å². The Hall–Kier alpha value is -1.32. The van der Waals surface area contributed by atoms with Gasteiger partial charge in [0.1, 0.15) is 0 Å². The van der Waals surface area contributed by atoms with Gasteiger partial charge in [-0.1, -0.05) is 18.2 Å². The molecule has 0 aliphatic carbocycles. The van der Waals surface area contributed by atoms with E-state index in [1.54, 1.807) is 0 Å². The molecule has 0 amide bonds. The highest BCUT2D eigenvalue weighted by Crippen LogP contribution is 2.16. The first kappa shape index (κ1) is 23.0. The summed E-state index contributed by atoms with van der Waals surface area (Å²) < 4.78 is 7.78. The van der Waals surface area contributed by atoms with Gasteiger partial charge in [-0.2, -0.15) is 0 Å². The van der Waals surface area contributed by atoms with Crippen molar-refractivity contribution in [2.24, 2.45) is 4.99 Å². The number of rotatable bonds is 7. The van der Waals surface area contributed by atoms with Crippen LogP contribution in [0.15, 0.2) is 41.5 Å². The maximum absolute atomic E-state index is 5.46. The van der Waals surface area contributed by atoms with Crippen LogP contribution in [0, 0.1) is 0 Å². The van der Waals surface area contributed by atoms with Crippen LogP contribution in [0.2, 0.25) is 0 Å². The van der Waals surface area contributed by atoms with E-state index in [4.69, 9.17) is 4.74 Å². The lowest BCUT2D eigenvalue weighted by Crippen LogP contribution is -2.56. The van der Waals surface area contributed by atoms with E-state index in [1.165, 1.54) is 10.9 Å². The number of para-hydroxylation sites is 1. The van der Waals surface area contributed by atoms with Gasteiger partial charge >= 0.3 is 0 Å². The average Bonchev–Trinajstić information content (AvgIpc) is 3.11. The number of morpholine rings is 1. The number of guanidine groups is 1. The van der Waals surface area contributed by atoms with Gasteiger partial charge < -0.3 is 19.9 Å². The Balaban J connectivity index is 0.00000280. The number of hydrogen-bond donors (Lipinski definition) is 2. The van der Waals surface area contributed by atoms with Crippen LogP contribution in [0.25, 0.3) is 10.9 Å². The summed E-state index contributed by atoms with van der Waals surface area (Å²) in [5.41, 5.74) is 1.37.